The van der Waals surface area contributed by atoms with Crippen LogP contribution in [0.15, 0.2) is 18.5 Å². The van der Waals surface area contributed by atoms with E-state index in [0.29, 0.717) is 0 Å². The van der Waals surface area contributed by atoms with Gasteiger partial charge >= 0.3 is 0 Å². The average molecular weight is 251 g/mol. The lowest BCUT2D eigenvalue weighted by atomic mass is 10.1. The molecule has 1 aromatic rings. The third-order valence-corrected chi connectivity index (χ3v) is 3.42. The molecule has 0 aromatic carbocycles. The lowest BCUT2D eigenvalue weighted by molar-refractivity contribution is 0.0715. The second-order valence-corrected chi connectivity index (χ2v) is 4.61. The van der Waals surface area contributed by atoms with Crippen molar-refractivity contribution in [2.75, 3.05) is 20.1 Å². The molecule has 1 saturated heterocycles. The minimum atomic E-state index is -0.555. The van der Waals surface area contributed by atoms with Crippen molar-refractivity contribution in [1.82, 2.24) is 15.2 Å². The summed E-state index contributed by atoms with van der Waals surface area (Å²) in [6.07, 6.45) is 5.44. The van der Waals surface area contributed by atoms with Gasteiger partial charge in [-0.05, 0) is 38.4 Å². The number of nitrogens with zero attached hydrogens (tertiary/aromatic N) is 2. The summed E-state index contributed by atoms with van der Waals surface area (Å²) < 4.78 is 13.5. The van der Waals surface area contributed by atoms with Gasteiger partial charge in [-0.15, -0.1) is 0 Å². The highest BCUT2D eigenvalue weighted by molar-refractivity contribution is 5.94. The molecule has 2 heterocycles. The van der Waals surface area contributed by atoms with Crippen molar-refractivity contribution in [2.24, 2.45) is 0 Å². The van der Waals surface area contributed by atoms with Crippen LogP contribution in [0.1, 0.15) is 29.6 Å². The number of nitrogens with one attached hydrogen (secondary N) is 1. The lowest BCUT2D eigenvalue weighted by Gasteiger charge is -2.27. The van der Waals surface area contributed by atoms with E-state index < -0.39 is 5.82 Å². The van der Waals surface area contributed by atoms with Crippen LogP contribution in [0.4, 0.5) is 4.39 Å². The molecule has 0 aliphatic carbocycles. The highest BCUT2D eigenvalue weighted by Gasteiger charge is 2.23. The third-order valence-electron chi connectivity index (χ3n) is 3.42. The maximum atomic E-state index is 13.5. The molecule has 0 spiro atoms. The van der Waals surface area contributed by atoms with Crippen LogP contribution < -0.4 is 5.32 Å². The summed E-state index contributed by atoms with van der Waals surface area (Å²) in [6, 6.07) is 1.61. The fourth-order valence-electron chi connectivity index (χ4n) is 2.29. The van der Waals surface area contributed by atoms with Gasteiger partial charge in [-0.25, -0.2) is 4.39 Å². The number of amides is 1. The molecule has 1 aliphatic rings. The Morgan fingerprint density at radius 2 is 2.33 bits per heavy atom. The van der Waals surface area contributed by atoms with Crippen molar-refractivity contribution in [1.29, 1.82) is 0 Å². The van der Waals surface area contributed by atoms with E-state index >= 15 is 0 Å². The predicted molar refractivity (Wildman–Crippen MR) is 66.8 cm³/mol. The number of hydrogen-bond donors (Lipinski definition) is 1. The molecule has 1 unspecified atom stereocenters. The van der Waals surface area contributed by atoms with E-state index in [1.165, 1.54) is 12.3 Å². The Labute approximate surface area is 106 Å². The van der Waals surface area contributed by atoms with Gasteiger partial charge in [0.05, 0.1) is 11.8 Å². The number of hydrogen-bond acceptors (Lipinski definition) is 3. The number of pyridine rings is 1. The smallest absolute Gasteiger partial charge is 0.256 e. The Hall–Kier alpha value is -1.49. The molecule has 2 rings (SSSR count). The summed E-state index contributed by atoms with van der Waals surface area (Å²) in [5, 5.41) is 3.30. The zero-order valence-corrected chi connectivity index (χ0v) is 10.5. The fourth-order valence-corrected chi connectivity index (χ4v) is 2.29. The van der Waals surface area contributed by atoms with Crippen molar-refractivity contribution in [3.05, 3.63) is 29.8 Å². The van der Waals surface area contributed by atoms with Crippen LogP contribution in [0, 0.1) is 5.82 Å². The van der Waals surface area contributed by atoms with Gasteiger partial charge < -0.3 is 10.2 Å². The first kappa shape index (κ1) is 13.0. The quantitative estimate of drug-likeness (QED) is 0.865. The summed E-state index contributed by atoms with van der Waals surface area (Å²) in [5.41, 5.74) is 0.102. The van der Waals surface area contributed by atoms with Gasteiger partial charge in [-0.3, -0.25) is 9.78 Å². The van der Waals surface area contributed by atoms with Gasteiger partial charge in [-0.2, -0.15) is 0 Å². The maximum absolute atomic E-state index is 13.5. The standard InChI is InChI=1S/C13H18FN3O/c1-17(10-3-2-6-15-7-4-10)13(18)11-5-8-16-9-12(11)14/h5,8-10,15H,2-4,6-7H2,1H3. The number of carbonyl (C=O) groups excluding carboxylic acids is 1. The predicted octanol–water partition coefficient (Wildman–Crippen LogP) is 1.43. The number of halogens is 1. The van der Waals surface area contributed by atoms with Gasteiger partial charge in [0.15, 0.2) is 5.82 Å². The van der Waals surface area contributed by atoms with Gasteiger partial charge in [0.1, 0.15) is 0 Å². The lowest BCUT2D eigenvalue weighted by Crippen LogP contribution is -2.38. The van der Waals surface area contributed by atoms with Gasteiger partial charge in [-0.1, -0.05) is 0 Å². The Kier molecular flexibility index (Phi) is 4.25. The number of carbonyl (C=O) groups is 1. The molecule has 18 heavy (non-hydrogen) atoms. The summed E-state index contributed by atoms with van der Waals surface area (Å²) in [7, 11) is 1.75. The van der Waals surface area contributed by atoms with Crippen LogP contribution in [-0.2, 0) is 0 Å². The minimum absolute atomic E-state index is 0.102. The molecule has 0 radical (unpaired) electrons. The molecule has 1 atom stereocenters. The van der Waals surface area contributed by atoms with Gasteiger partial charge in [0.2, 0.25) is 0 Å². The number of rotatable bonds is 2. The van der Waals surface area contributed by atoms with E-state index in [0.717, 1.165) is 38.5 Å². The second-order valence-electron chi connectivity index (χ2n) is 4.61. The van der Waals surface area contributed by atoms with Crippen LogP contribution in [0.5, 0.6) is 0 Å². The first-order chi connectivity index (χ1) is 8.70. The van der Waals surface area contributed by atoms with Crippen molar-refractivity contribution in [3.63, 3.8) is 0 Å². The fraction of sp³-hybridized carbons (Fsp3) is 0.538. The van der Waals surface area contributed by atoms with E-state index in [2.05, 4.69) is 10.3 Å². The molecule has 1 aromatic heterocycles. The van der Waals surface area contributed by atoms with Crippen molar-refractivity contribution in [3.8, 4) is 0 Å². The molecule has 0 bridgehead atoms. The zero-order valence-electron chi connectivity index (χ0n) is 10.5. The van der Waals surface area contributed by atoms with E-state index in [4.69, 9.17) is 0 Å². The van der Waals surface area contributed by atoms with Crippen LogP contribution >= 0.6 is 0 Å². The van der Waals surface area contributed by atoms with E-state index in [1.54, 1.807) is 11.9 Å². The summed E-state index contributed by atoms with van der Waals surface area (Å²) in [4.78, 5) is 17.5. The normalized spacial score (nSPS) is 20.2. The van der Waals surface area contributed by atoms with E-state index in [9.17, 15) is 9.18 Å². The first-order valence-electron chi connectivity index (χ1n) is 6.27. The topological polar surface area (TPSA) is 45.2 Å². The van der Waals surface area contributed by atoms with E-state index in [-0.39, 0.29) is 17.5 Å². The summed E-state index contributed by atoms with van der Waals surface area (Å²) in [5.74, 6) is -0.817. The molecule has 1 fully saturated rings. The Balaban J connectivity index is 2.10. The largest absolute Gasteiger partial charge is 0.339 e. The Morgan fingerprint density at radius 1 is 1.50 bits per heavy atom. The minimum Gasteiger partial charge on any atom is -0.339 e. The van der Waals surface area contributed by atoms with Crippen molar-refractivity contribution >= 4 is 5.91 Å². The van der Waals surface area contributed by atoms with Crippen LogP contribution in [0.3, 0.4) is 0 Å². The molecule has 0 saturated carbocycles. The second kappa shape index (κ2) is 5.91. The Bertz CT molecular complexity index is 416. The molecule has 1 N–H and O–H groups in total. The zero-order chi connectivity index (χ0) is 13.0. The molecule has 1 amide bonds. The Morgan fingerprint density at radius 3 is 3.11 bits per heavy atom. The summed E-state index contributed by atoms with van der Waals surface area (Å²) in [6.45, 7) is 1.89. The van der Waals surface area contributed by atoms with Crippen molar-refractivity contribution in [2.45, 2.75) is 25.3 Å². The molecule has 98 valence electrons. The van der Waals surface area contributed by atoms with E-state index in [1.807, 2.05) is 0 Å². The molecule has 5 heteroatoms. The highest BCUT2D eigenvalue weighted by Crippen LogP contribution is 2.16. The monoisotopic (exact) mass is 251 g/mol. The molecular formula is C13H18FN3O. The average Bonchev–Trinajstić information content (AvgIpc) is 2.66. The number of aromatic nitrogens is 1. The van der Waals surface area contributed by atoms with Crippen LogP contribution in [0.25, 0.3) is 0 Å². The molecule has 4 nitrogen and oxygen atoms in total. The highest BCUT2D eigenvalue weighted by atomic mass is 19.1. The molecular weight excluding hydrogens is 233 g/mol. The first-order valence-corrected chi connectivity index (χ1v) is 6.27. The SMILES string of the molecule is CN(C(=O)c1ccncc1F)C1CCCNCC1. The summed E-state index contributed by atoms with van der Waals surface area (Å²) >= 11 is 0. The third kappa shape index (κ3) is 2.85. The maximum Gasteiger partial charge on any atom is 0.256 e. The van der Waals surface area contributed by atoms with Gasteiger partial charge in [0.25, 0.3) is 5.91 Å². The molecule has 1 aliphatic heterocycles. The van der Waals surface area contributed by atoms with Crippen LogP contribution in [0.2, 0.25) is 0 Å². The van der Waals surface area contributed by atoms with Gasteiger partial charge in [0, 0.05) is 19.3 Å². The van der Waals surface area contributed by atoms with Crippen LogP contribution in [-0.4, -0.2) is 42.0 Å². The van der Waals surface area contributed by atoms with Crippen molar-refractivity contribution < 1.29 is 9.18 Å².